The fourth-order valence-corrected chi connectivity index (χ4v) is 7.49. The van der Waals surface area contributed by atoms with Crippen LogP contribution in [-0.4, -0.2) is 32.3 Å². The van der Waals surface area contributed by atoms with E-state index < -0.39 is 5.60 Å². The van der Waals surface area contributed by atoms with Crippen molar-refractivity contribution in [1.29, 1.82) is 0 Å². The molecule has 5 atom stereocenters. The number of ether oxygens (including phenoxy) is 1. The molecule has 178 valence electrons. The molecule has 2 N–H and O–H groups in total. The molecular weight excluding hydrogens is 450 g/mol. The van der Waals surface area contributed by atoms with Crippen LogP contribution in [0.3, 0.4) is 0 Å². The zero-order valence-corrected chi connectivity index (χ0v) is 20.3. The van der Waals surface area contributed by atoms with E-state index in [1.54, 1.807) is 11.8 Å². The molecule has 1 heterocycles. The summed E-state index contributed by atoms with van der Waals surface area (Å²) < 4.78 is 7.14. The number of benzene rings is 2. The summed E-state index contributed by atoms with van der Waals surface area (Å²) in [5.74, 6) is 2.11. The molecular formula is C27H30ClN3O3. The Balaban J connectivity index is 1.32. The van der Waals surface area contributed by atoms with E-state index in [0.717, 1.165) is 37.8 Å². The third-order valence-electron chi connectivity index (χ3n) is 9.18. The van der Waals surface area contributed by atoms with Crippen LogP contribution in [0.15, 0.2) is 42.6 Å². The molecule has 3 aliphatic carbocycles. The molecule has 0 saturated heterocycles. The van der Waals surface area contributed by atoms with Crippen molar-refractivity contribution in [3.05, 3.63) is 64.4 Å². The minimum absolute atomic E-state index is 0.222. The summed E-state index contributed by atoms with van der Waals surface area (Å²) in [5.41, 5.74) is 2.83. The highest BCUT2D eigenvalue weighted by Crippen LogP contribution is 2.67. The summed E-state index contributed by atoms with van der Waals surface area (Å²) in [6.07, 6.45) is 7.52. The van der Waals surface area contributed by atoms with Crippen molar-refractivity contribution < 1.29 is 14.9 Å². The lowest BCUT2D eigenvalue weighted by atomic mass is 9.53. The predicted octanol–water partition coefficient (Wildman–Crippen LogP) is 5.38. The Hall–Kier alpha value is -2.57. The van der Waals surface area contributed by atoms with Gasteiger partial charge in [0.25, 0.3) is 0 Å². The van der Waals surface area contributed by atoms with E-state index in [4.69, 9.17) is 16.3 Å². The van der Waals surface area contributed by atoms with Gasteiger partial charge in [0.05, 0.1) is 19.0 Å². The number of rotatable bonds is 3. The molecule has 6 nitrogen and oxygen atoms in total. The van der Waals surface area contributed by atoms with Gasteiger partial charge in [0, 0.05) is 10.4 Å². The Morgan fingerprint density at radius 3 is 2.68 bits per heavy atom. The molecule has 0 aliphatic heterocycles. The minimum atomic E-state index is -1.000. The maximum Gasteiger partial charge on any atom is 0.160 e. The van der Waals surface area contributed by atoms with Gasteiger partial charge < -0.3 is 14.9 Å². The third-order valence-corrected chi connectivity index (χ3v) is 9.44. The molecule has 34 heavy (non-hydrogen) atoms. The van der Waals surface area contributed by atoms with Crippen molar-refractivity contribution in [3.63, 3.8) is 0 Å². The first-order valence-electron chi connectivity index (χ1n) is 12.1. The molecule has 0 spiro atoms. The third kappa shape index (κ3) is 3.04. The fraction of sp³-hybridized carbons (Fsp3) is 0.481. The number of phenols is 1. The van der Waals surface area contributed by atoms with Crippen LogP contribution in [0.2, 0.25) is 5.02 Å². The maximum absolute atomic E-state index is 12.1. The minimum Gasteiger partial charge on any atom is -0.504 e. The van der Waals surface area contributed by atoms with Gasteiger partial charge in [-0.25, -0.2) is 4.68 Å². The van der Waals surface area contributed by atoms with Gasteiger partial charge in [-0.3, -0.25) is 0 Å². The van der Waals surface area contributed by atoms with Gasteiger partial charge in [-0.05, 0) is 104 Å². The molecule has 3 aliphatic rings. The Bertz CT molecular complexity index is 1240. The average molecular weight is 480 g/mol. The summed E-state index contributed by atoms with van der Waals surface area (Å²) in [5, 5.41) is 31.9. The zero-order valence-electron chi connectivity index (χ0n) is 19.5. The molecule has 2 fully saturated rings. The molecule has 3 aromatic rings. The van der Waals surface area contributed by atoms with Crippen LogP contribution in [0.1, 0.15) is 61.8 Å². The van der Waals surface area contributed by atoms with Crippen molar-refractivity contribution in [2.45, 2.75) is 57.0 Å². The lowest BCUT2D eigenvalue weighted by Gasteiger charge is -2.52. The maximum atomic E-state index is 12.1. The number of phenolic OH excluding ortho intramolecular Hbond substituents is 1. The van der Waals surface area contributed by atoms with Crippen LogP contribution in [0.5, 0.6) is 11.5 Å². The molecule has 0 unspecified atom stereocenters. The number of fused-ring (bicyclic) bond motifs is 5. The van der Waals surface area contributed by atoms with Gasteiger partial charge in [-0.1, -0.05) is 23.7 Å². The number of aliphatic hydroxyl groups is 1. The van der Waals surface area contributed by atoms with E-state index >= 15 is 0 Å². The highest BCUT2D eigenvalue weighted by atomic mass is 35.5. The van der Waals surface area contributed by atoms with Crippen molar-refractivity contribution in [2.75, 3.05) is 7.11 Å². The Labute approximate surface area is 204 Å². The van der Waals surface area contributed by atoms with E-state index in [-0.39, 0.29) is 11.2 Å². The first-order chi connectivity index (χ1) is 16.3. The molecule has 0 bridgehead atoms. The lowest BCUT2D eigenvalue weighted by molar-refractivity contribution is -0.111. The summed E-state index contributed by atoms with van der Waals surface area (Å²) >= 11 is 6.03. The molecule has 2 saturated carbocycles. The normalized spacial score (nSPS) is 32.1. The summed E-state index contributed by atoms with van der Waals surface area (Å²) in [6.45, 7) is 2.26. The summed E-state index contributed by atoms with van der Waals surface area (Å²) in [7, 11) is 1.61. The van der Waals surface area contributed by atoms with Crippen molar-refractivity contribution in [1.82, 2.24) is 15.0 Å². The first-order valence-corrected chi connectivity index (χ1v) is 12.5. The first kappa shape index (κ1) is 21.9. The summed E-state index contributed by atoms with van der Waals surface area (Å²) in [4.78, 5) is 0. The van der Waals surface area contributed by atoms with E-state index in [9.17, 15) is 10.2 Å². The van der Waals surface area contributed by atoms with E-state index in [0.29, 0.717) is 40.6 Å². The van der Waals surface area contributed by atoms with Gasteiger partial charge in [0.1, 0.15) is 11.3 Å². The number of aromatic nitrogens is 3. The van der Waals surface area contributed by atoms with E-state index in [1.807, 2.05) is 42.6 Å². The highest BCUT2D eigenvalue weighted by Gasteiger charge is 2.63. The number of aromatic hydroxyl groups is 1. The van der Waals surface area contributed by atoms with Crippen molar-refractivity contribution in [3.8, 4) is 17.2 Å². The average Bonchev–Trinajstić information content (AvgIpc) is 3.43. The van der Waals surface area contributed by atoms with Crippen LogP contribution in [-0.2, 0) is 12.0 Å². The standard InChI is InChI=1S/C27H30ClN3O3/c1-26-11-9-19-20(8-3-16-13-23(32)24(34-2)14-21(16)19)22(26)10-12-27(26,33)25-15-31(30-29-25)18-6-4-17(28)5-7-18/h4-7,13-15,19-20,22,32-33H,3,8-12H2,1-2H3/t19-,20+,22-,26-,27+/m0/s1. The number of aryl methyl sites for hydroxylation is 1. The lowest BCUT2D eigenvalue weighted by Crippen LogP contribution is -2.49. The Morgan fingerprint density at radius 2 is 1.91 bits per heavy atom. The highest BCUT2D eigenvalue weighted by molar-refractivity contribution is 6.30. The van der Waals surface area contributed by atoms with Crippen LogP contribution < -0.4 is 4.74 Å². The quantitative estimate of drug-likeness (QED) is 0.527. The Kier molecular flexibility index (Phi) is 4.98. The number of hydrogen-bond acceptors (Lipinski definition) is 5. The molecule has 0 radical (unpaired) electrons. The van der Waals surface area contributed by atoms with Gasteiger partial charge in [0.2, 0.25) is 0 Å². The number of nitrogens with zero attached hydrogens (tertiary/aromatic N) is 3. The van der Waals surface area contributed by atoms with Gasteiger partial charge in [0.15, 0.2) is 11.5 Å². The van der Waals surface area contributed by atoms with E-state index in [1.165, 1.54) is 11.1 Å². The molecule has 2 aromatic carbocycles. The van der Waals surface area contributed by atoms with Gasteiger partial charge in [-0.2, -0.15) is 0 Å². The SMILES string of the molecule is COc1cc2c(cc1O)CC[C@@H]1[C@@H]2CC[C@@]2(C)[C@H]1CC[C@@]2(O)c1cn(-c2ccc(Cl)cc2)nn1. The number of hydrogen-bond donors (Lipinski definition) is 2. The van der Waals surface area contributed by atoms with Gasteiger partial charge in [-0.15, -0.1) is 5.10 Å². The zero-order chi connectivity index (χ0) is 23.7. The van der Waals surface area contributed by atoms with Gasteiger partial charge >= 0.3 is 0 Å². The largest absolute Gasteiger partial charge is 0.504 e. The van der Waals surface area contributed by atoms with Crippen LogP contribution in [0.4, 0.5) is 0 Å². The predicted molar refractivity (Wildman–Crippen MR) is 130 cm³/mol. The van der Waals surface area contributed by atoms with E-state index in [2.05, 4.69) is 17.2 Å². The number of methoxy groups -OCH3 is 1. The molecule has 1 aromatic heterocycles. The van der Waals surface area contributed by atoms with Crippen molar-refractivity contribution in [2.24, 2.45) is 17.3 Å². The number of halogens is 1. The second kappa shape index (κ2) is 7.72. The smallest absolute Gasteiger partial charge is 0.160 e. The molecule has 7 heteroatoms. The second-order valence-electron chi connectivity index (χ2n) is 10.5. The topological polar surface area (TPSA) is 80.4 Å². The second-order valence-corrected chi connectivity index (χ2v) is 11.0. The monoisotopic (exact) mass is 479 g/mol. The van der Waals surface area contributed by atoms with Crippen LogP contribution >= 0.6 is 11.6 Å². The molecule has 0 amide bonds. The van der Waals surface area contributed by atoms with Crippen LogP contribution in [0.25, 0.3) is 5.69 Å². The summed E-state index contributed by atoms with van der Waals surface area (Å²) in [6, 6.07) is 11.4. The van der Waals surface area contributed by atoms with Crippen molar-refractivity contribution >= 4 is 11.6 Å². The van der Waals surface area contributed by atoms with Crippen LogP contribution in [0, 0.1) is 17.3 Å². The molecule has 6 rings (SSSR count). The Morgan fingerprint density at radius 1 is 1.12 bits per heavy atom. The fourth-order valence-electron chi connectivity index (χ4n) is 7.36.